The lowest BCUT2D eigenvalue weighted by Crippen LogP contribution is -2.11. The highest BCUT2D eigenvalue weighted by Crippen LogP contribution is 2.31. The van der Waals surface area contributed by atoms with Gasteiger partial charge in [0.25, 0.3) is 5.91 Å². The van der Waals surface area contributed by atoms with Gasteiger partial charge in [-0.2, -0.15) is 0 Å². The zero-order valence-corrected chi connectivity index (χ0v) is 18.4. The Morgan fingerprint density at radius 2 is 2.07 bits per heavy atom. The van der Waals surface area contributed by atoms with Crippen LogP contribution in [-0.2, 0) is 5.75 Å². The van der Waals surface area contributed by atoms with E-state index >= 15 is 0 Å². The number of hydrogen-bond acceptors (Lipinski definition) is 6. The van der Waals surface area contributed by atoms with Gasteiger partial charge in [-0.3, -0.25) is 10.1 Å². The van der Waals surface area contributed by atoms with E-state index in [4.69, 9.17) is 4.42 Å². The number of carbonyl (C=O) groups is 1. The van der Waals surface area contributed by atoms with Crippen LogP contribution in [0.3, 0.4) is 0 Å². The van der Waals surface area contributed by atoms with E-state index in [1.807, 2.05) is 31.2 Å². The van der Waals surface area contributed by atoms with Crippen molar-refractivity contribution in [2.75, 3.05) is 5.32 Å². The number of fused-ring (bicyclic) bond motifs is 1. The fraction of sp³-hybridized carbons (Fsp3) is 0.150. The topological polar surface area (TPSA) is 68.0 Å². The SMILES string of the molecule is Cc1cccc(CSc2nnc(NC(=O)c3oc4ccc(Br)cc4c3C)s2)c1. The standard InChI is InChI=1S/C20H16BrN3O2S2/c1-11-4-3-5-13(8-11)10-27-20-24-23-19(28-20)22-18(25)17-12(2)15-9-14(21)6-7-16(15)26-17/h3-9H,10H2,1-2H3,(H,22,23,25). The zero-order valence-electron chi connectivity index (χ0n) is 15.2. The van der Waals surface area contributed by atoms with Gasteiger partial charge in [-0.05, 0) is 37.6 Å². The minimum Gasteiger partial charge on any atom is -0.451 e. The predicted molar refractivity (Wildman–Crippen MR) is 117 cm³/mol. The summed E-state index contributed by atoms with van der Waals surface area (Å²) < 4.78 is 7.48. The molecule has 0 saturated heterocycles. The van der Waals surface area contributed by atoms with Crippen molar-refractivity contribution in [3.8, 4) is 0 Å². The molecule has 5 nitrogen and oxygen atoms in total. The van der Waals surface area contributed by atoms with E-state index in [2.05, 4.69) is 56.6 Å². The molecule has 0 bridgehead atoms. The average molecular weight is 474 g/mol. The van der Waals surface area contributed by atoms with Gasteiger partial charge in [0, 0.05) is 21.2 Å². The summed E-state index contributed by atoms with van der Waals surface area (Å²) in [5.74, 6) is 0.774. The molecule has 0 spiro atoms. The minimum atomic E-state index is -0.323. The number of halogens is 1. The fourth-order valence-electron chi connectivity index (χ4n) is 2.83. The minimum absolute atomic E-state index is 0.289. The Hall–Kier alpha value is -2.16. The van der Waals surface area contributed by atoms with Crippen molar-refractivity contribution in [1.82, 2.24) is 10.2 Å². The number of aryl methyl sites for hydroxylation is 2. The number of hydrogen-bond donors (Lipinski definition) is 1. The molecular formula is C20H16BrN3O2S2. The van der Waals surface area contributed by atoms with Crippen molar-refractivity contribution in [2.24, 2.45) is 0 Å². The molecule has 0 atom stereocenters. The van der Waals surface area contributed by atoms with Crippen LogP contribution < -0.4 is 5.32 Å². The maximum atomic E-state index is 12.6. The van der Waals surface area contributed by atoms with Crippen LogP contribution >= 0.6 is 39.0 Å². The van der Waals surface area contributed by atoms with Gasteiger partial charge in [0.15, 0.2) is 10.1 Å². The molecule has 4 rings (SSSR count). The third kappa shape index (κ3) is 4.14. The first-order valence-corrected chi connectivity index (χ1v) is 11.1. The summed E-state index contributed by atoms with van der Waals surface area (Å²) >= 11 is 6.40. The van der Waals surface area contributed by atoms with Crippen LogP contribution in [0.5, 0.6) is 0 Å². The Bertz CT molecular complexity index is 1170. The van der Waals surface area contributed by atoms with Gasteiger partial charge in [0.1, 0.15) is 5.58 Å². The van der Waals surface area contributed by atoms with E-state index in [-0.39, 0.29) is 11.7 Å². The number of amides is 1. The number of carbonyl (C=O) groups excluding carboxylic acids is 1. The van der Waals surface area contributed by atoms with Crippen LogP contribution in [0, 0.1) is 13.8 Å². The van der Waals surface area contributed by atoms with E-state index in [0.29, 0.717) is 10.7 Å². The van der Waals surface area contributed by atoms with E-state index in [1.54, 1.807) is 11.8 Å². The van der Waals surface area contributed by atoms with Crippen LogP contribution in [-0.4, -0.2) is 16.1 Å². The summed E-state index contributed by atoms with van der Waals surface area (Å²) in [5.41, 5.74) is 3.94. The highest BCUT2D eigenvalue weighted by molar-refractivity contribution is 9.10. The molecule has 2 aromatic heterocycles. The number of aromatic nitrogens is 2. The van der Waals surface area contributed by atoms with Gasteiger partial charge >= 0.3 is 0 Å². The summed E-state index contributed by atoms with van der Waals surface area (Å²) in [6.45, 7) is 3.95. The quantitative estimate of drug-likeness (QED) is 0.275. The molecule has 1 N–H and O–H groups in total. The first kappa shape index (κ1) is 19.2. The van der Waals surface area contributed by atoms with E-state index in [0.717, 1.165) is 25.5 Å². The zero-order chi connectivity index (χ0) is 19.7. The van der Waals surface area contributed by atoms with Gasteiger partial charge < -0.3 is 4.42 Å². The van der Waals surface area contributed by atoms with Crippen LogP contribution in [0.25, 0.3) is 11.0 Å². The predicted octanol–water partition coefficient (Wildman–Crippen LogP) is 6.21. The number of thioether (sulfide) groups is 1. The molecule has 0 unspecified atom stereocenters. The first-order chi connectivity index (χ1) is 13.5. The van der Waals surface area contributed by atoms with Crippen LogP contribution in [0.2, 0.25) is 0 Å². The molecule has 28 heavy (non-hydrogen) atoms. The second kappa shape index (κ2) is 8.06. The molecule has 0 aliphatic carbocycles. The normalized spacial score (nSPS) is 11.1. The summed E-state index contributed by atoms with van der Waals surface area (Å²) in [6, 6.07) is 14.0. The monoisotopic (exact) mass is 473 g/mol. The third-order valence-electron chi connectivity index (χ3n) is 4.18. The van der Waals surface area contributed by atoms with Gasteiger partial charge in [-0.15, -0.1) is 10.2 Å². The van der Waals surface area contributed by atoms with E-state index < -0.39 is 0 Å². The van der Waals surface area contributed by atoms with Crippen LogP contribution in [0.1, 0.15) is 27.2 Å². The molecule has 1 amide bonds. The molecule has 142 valence electrons. The maximum absolute atomic E-state index is 12.6. The summed E-state index contributed by atoms with van der Waals surface area (Å²) in [7, 11) is 0. The number of benzene rings is 2. The van der Waals surface area contributed by atoms with Crippen LogP contribution in [0.15, 0.2) is 55.7 Å². The van der Waals surface area contributed by atoms with E-state index in [1.165, 1.54) is 22.5 Å². The molecule has 2 aromatic carbocycles. The van der Waals surface area contributed by atoms with E-state index in [9.17, 15) is 4.79 Å². The molecule has 0 radical (unpaired) electrons. The second-order valence-electron chi connectivity index (χ2n) is 6.30. The average Bonchev–Trinajstić information content (AvgIpc) is 3.25. The lowest BCUT2D eigenvalue weighted by atomic mass is 10.1. The number of furan rings is 1. The fourth-order valence-corrected chi connectivity index (χ4v) is 4.88. The van der Waals surface area contributed by atoms with Crippen molar-refractivity contribution in [3.05, 3.63) is 69.4 Å². The molecule has 0 aliphatic heterocycles. The molecular weight excluding hydrogens is 458 g/mol. The lowest BCUT2D eigenvalue weighted by Gasteiger charge is -2.00. The van der Waals surface area contributed by atoms with Crippen molar-refractivity contribution in [2.45, 2.75) is 23.9 Å². The Labute approximate surface area is 178 Å². The van der Waals surface area contributed by atoms with Crippen LogP contribution in [0.4, 0.5) is 5.13 Å². The van der Waals surface area contributed by atoms with Crippen molar-refractivity contribution in [3.63, 3.8) is 0 Å². The Balaban J connectivity index is 1.45. The van der Waals surface area contributed by atoms with Gasteiger partial charge in [-0.1, -0.05) is 68.9 Å². The summed E-state index contributed by atoms with van der Waals surface area (Å²) in [5, 5.41) is 12.4. The van der Waals surface area contributed by atoms with Crippen molar-refractivity contribution >= 4 is 61.0 Å². The third-order valence-corrected chi connectivity index (χ3v) is 6.71. The highest BCUT2D eigenvalue weighted by Gasteiger charge is 2.19. The number of nitrogens with zero attached hydrogens (tertiary/aromatic N) is 2. The highest BCUT2D eigenvalue weighted by atomic mass is 79.9. The smallest absolute Gasteiger partial charge is 0.293 e. The van der Waals surface area contributed by atoms with Gasteiger partial charge in [0.05, 0.1) is 0 Å². The molecule has 2 heterocycles. The first-order valence-electron chi connectivity index (χ1n) is 8.51. The van der Waals surface area contributed by atoms with Crippen molar-refractivity contribution < 1.29 is 9.21 Å². The van der Waals surface area contributed by atoms with Gasteiger partial charge in [-0.25, -0.2) is 0 Å². The Kier molecular flexibility index (Phi) is 5.52. The maximum Gasteiger partial charge on any atom is 0.293 e. The molecule has 0 aliphatic rings. The number of rotatable bonds is 5. The molecule has 0 fully saturated rings. The van der Waals surface area contributed by atoms with Gasteiger partial charge in [0.2, 0.25) is 5.13 Å². The summed E-state index contributed by atoms with van der Waals surface area (Å²) in [6.07, 6.45) is 0. The lowest BCUT2D eigenvalue weighted by molar-refractivity contribution is 0.0998. The number of anilines is 1. The Morgan fingerprint density at radius 1 is 1.21 bits per heavy atom. The molecule has 0 saturated carbocycles. The Morgan fingerprint density at radius 3 is 2.89 bits per heavy atom. The largest absolute Gasteiger partial charge is 0.451 e. The molecule has 4 aromatic rings. The second-order valence-corrected chi connectivity index (χ2v) is 9.42. The molecule has 8 heteroatoms. The van der Waals surface area contributed by atoms with Crippen molar-refractivity contribution in [1.29, 1.82) is 0 Å². The number of nitrogens with one attached hydrogen (secondary N) is 1. The summed E-state index contributed by atoms with van der Waals surface area (Å²) in [4.78, 5) is 12.6.